The number of fused-ring (bicyclic) bond motifs is 1. The van der Waals surface area contributed by atoms with Crippen LogP contribution in [-0.4, -0.2) is 36.6 Å². The molecule has 2 aromatic carbocycles. The zero-order valence-corrected chi connectivity index (χ0v) is 14.9. The summed E-state index contributed by atoms with van der Waals surface area (Å²) >= 11 is 0. The van der Waals surface area contributed by atoms with Gasteiger partial charge in [-0.25, -0.2) is 0 Å². The zero-order valence-electron chi connectivity index (χ0n) is 14.9. The number of hydrogen-bond donors (Lipinski definition) is 1. The number of nitrogens with zero attached hydrogens (tertiary/aromatic N) is 1. The van der Waals surface area contributed by atoms with Crippen LogP contribution in [0.25, 0.3) is 0 Å². The molecule has 1 aliphatic rings. The second-order valence-electron chi connectivity index (χ2n) is 5.98. The first-order chi connectivity index (χ1) is 13.5. The van der Waals surface area contributed by atoms with Gasteiger partial charge in [0.1, 0.15) is 0 Å². The van der Waals surface area contributed by atoms with E-state index < -0.39 is 23.4 Å². The van der Waals surface area contributed by atoms with Crippen LogP contribution in [-0.2, 0) is 20.7 Å². The number of anilines is 1. The van der Waals surface area contributed by atoms with E-state index in [2.05, 4.69) is 5.32 Å². The van der Waals surface area contributed by atoms with E-state index in [0.717, 1.165) is 6.42 Å². The molecule has 1 heterocycles. The highest BCUT2D eigenvalue weighted by atomic mass is 16.6. The quantitative estimate of drug-likeness (QED) is 0.460. The molecule has 9 nitrogen and oxygen atoms in total. The van der Waals surface area contributed by atoms with Gasteiger partial charge in [0, 0.05) is 29.8 Å². The molecule has 3 rings (SSSR count). The van der Waals surface area contributed by atoms with Crippen LogP contribution >= 0.6 is 0 Å². The van der Waals surface area contributed by atoms with Crippen LogP contribution in [0.2, 0.25) is 0 Å². The highest BCUT2D eigenvalue weighted by Crippen LogP contribution is 2.32. The number of para-hydroxylation sites is 1. The van der Waals surface area contributed by atoms with Gasteiger partial charge in [-0.15, -0.1) is 0 Å². The Balaban J connectivity index is 1.52. The Morgan fingerprint density at radius 1 is 1.11 bits per heavy atom. The number of carbonyl (C=O) groups excluding carboxylic acids is 2. The third-order valence-corrected chi connectivity index (χ3v) is 3.92. The van der Waals surface area contributed by atoms with Crippen LogP contribution < -0.4 is 14.8 Å². The first-order valence-electron chi connectivity index (χ1n) is 8.60. The van der Waals surface area contributed by atoms with E-state index in [4.69, 9.17) is 14.2 Å². The predicted molar refractivity (Wildman–Crippen MR) is 98.4 cm³/mol. The molecule has 2 aromatic rings. The number of hydrogen-bond acceptors (Lipinski definition) is 7. The topological polar surface area (TPSA) is 117 Å². The van der Waals surface area contributed by atoms with E-state index in [1.807, 2.05) is 0 Å². The highest BCUT2D eigenvalue weighted by molar-refractivity contribution is 5.93. The average molecular weight is 386 g/mol. The average Bonchev–Trinajstić information content (AvgIpc) is 2.91. The lowest BCUT2D eigenvalue weighted by molar-refractivity contribution is -0.385. The van der Waals surface area contributed by atoms with Gasteiger partial charge in [-0.3, -0.25) is 19.7 Å². The van der Waals surface area contributed by atoms with E-state index in [1.54, 1.807) is 24.3 Å². The second kappa shape index (κ2) is 8.85. The predicted octanol–water partition coefficient (Wildman–Crippen LogP) is 2.48. The minimum Gasteiger partial charge on any atom is -0.490 e. The standard InChI is InChI=1S/C19H18N2O7/c22-18(20-14-6-7-16-17(11-14)27-9-3-8-26-16)12-28-19(23)10-13-4-1-2-5-15(13)21(24)25/h1-2,4-7,11H,3,8-10,12H2,(H,20,22). The van der Waals surface area contributed by atoms with E-state index in [0.29, 0.717) is 30.4 Å². The Bertz CT molecular complexity index is 898. The zero-order chi connectivity index (χ0) is 19.9. The van der Waals surface area contributed by atoms with Gasteiger partial charge in [-0.1, -0.05) is 18.2 Å². The number of nitrogens with one attached hydrogen (secondary N) is 1. The molecule has 146 valence electrons. The minimum atomic E-state index is -0.733. The van der Waals surface area contributed by atoms with Crippen molar-refractivity contribution in [2.45, 2.75) is 12.8 Å². The van der Waals surface area contributed by atoms with Gasteiger partial charge in [0.15, 0.2) is 18.1 Å². The van der Waals surface area contributed by atoms with Crippen molar-refractivity contribution in [1.29, 1.82) is 0 Å². The van der Waals surface area contributed by atoms with Gasteiger partial charge in [-0.2, -0.15) is 0 Å². The van der Waals surface area contributed by atoms with E-state index in [-0.39, 0.29) is 17.7 Å². The summed E-state index contributed by atoms with van der Waals surface area (Å²) in [5.74, 6) is -0.136. The van der Waals surface area contributed by atoms with Gasteiger partial charge in [0.25, 0.3) is 11.6 Å². The smallest absolute Gasteiger partial charge is 0.311 e. The summed E-state index contributed by atoms with van der Waals surface area (Å²) in [4.78, 5) is 34.3. The largest absolute Gasteiger partial charge is 0.490 e. The van der Waals surface area contributed by atoms with E-state index >= 15 is 0 Å². The normalized spacial score (nSPS) is 12.6. The number of rotatable bonds is 6. The number of benzene rings is 2. The minimum absolute atomic E-state index is 0.170. The van der Waals surface area contributed by atoms with E-state index in [9.17, 15) is 19.7 Å². The molecule has 28 heavy (non-hydrogen) atoms. The van der Waals surface area contributed by atoms with Crippen molar-refractivity contribution in [1.82, 2.24) is 0 Å². The fraction of sp³-hybridized carbons (Fsp3) is 0.263. The van der Waals surface area contributed by atoms with Crippen molar-refractivity contribution in [3.63, 3.8) is 0 Å². The molecular formula is C19H18N2O7. The van der Waals surface area contributed by atoms with Gasteiger partial charge in [-0.05, 0) is 12.1 Å². The summed E-state index contributed by atoms with van der Waals surface area (Å²) in [6.07, 6.45) is 0.473. The fourth-order valence-corrected chi connectivity index (χ4v) is 2.63. The molecule has 0 atom stereocenters. The van der Waals surface area contributed by atoms with Crippen LogP contribution in [0.5, 0.6) is 11.5 Å². The number of nitro benzene ring substituents is 1. The molecule has 0 fully saturated rings. The summed E-state index contributed by atoms with van der Waals surface area (Å²) < 4.78 is 16.0. The third kappa shape index (κ3) is 4.97. The molecule has 1 amide bonds. The number of nitro groups is 1. The number of esters is 1. The van der Waals surface area contributed by atoms with Crippen LogP contribution in [0.4, 0.5) is 11.4 Å². The molecule has 9 heteroatoms. The molecule has 0 unspecified atom stereocenters. The molecule has 1 aliphatic heterocycles. The lowest BCUT2D eigenvalue weighted by Crippen LogP contribution is -2.21. The number of carbonyl (C=O) groups is 2. The Morgan fingerprint density at radius 2 is 1.86 bits per heavy atom. The Hall–Kier alpha value is -3.62. The summed E-state index contributed by atoms with van der Waals surface area (Å²) in [6, 6.07) is 10.9. The Labute approximate surface area is 160 Å². The van der Waals surface area contributed by atoms with Crippen molar-refractivity contribution in [2.24, 2.45) is 0 Å². The first-order valence-corrected chi connectivity index (χ1v) is 8.60. The fourth-order valence-electron chi connectivity index (χ4n) is 2.63. The molecule has 0 aliphatic carbocycles. The SMILES string of the molecule is O=C(COC(=O)Cc1ccccc1[N+](=O)[O-])Nc1ccc2c(c1)OCCCO2. The molecule has 0 radical (unpaired) electrons. The van der Waals surface area contributed by atoms with Crippen LogP contribution in [0, 0.1) is 10.1 Å². The maximum Gasteiger partial charge on any atom is 0.311 e. The summed E-state index contributed by atoms with van der Waals surface area (Å²) in [7, 11) is 0. The van der Waals surface area contributed by atoms with Crippen LogP contribution in [0.15, 0.2) is 42.5 Å². The molecular weight excluding hydrogens is 368 g/mol. The Morgan fingerprint density at radius 3 is 2.64 bits per heavy atom. The lowest BCUT2D eigenvalue weighted by atomic mass is 10.1. The highest BCUT2D eigenvalue weighted by Gasteiger charge is 2.17. The molecule has 0 saturated carbocycles. The van der Waals surface area contributed by atoms with Crippen LogP contribution in [0.3, 0.4) is 0 Å². The lowest BCUT2D eigenvalue weighted by Gasteiger charge is -2.10. The monoisotopic (exact) mass is 386 g/mol. The first kappa shape index (κ1) is 19.2. The molecule has 1 N–H and O–H groups in total. The van der Waals surface area contributed by atoms with Gasteiger partial charge < -0.3 is 19.5 Å². The van der Waals surface area contributed by atoms with Gasteiger partial charge in [0.2, 0.25) is 0 Å². The maximum absolute atomic E-state index is 12.0. The molecule has 0 saturated heterocycles. The molecule has 0 bridgehead atoms. The van der Waals surface area contributed by atoms with Gasteiger partial charge >= 0.3 is 5.97 Å². The van der Waals surface area contributed by atoms with E-state index in [1.165, 1.54) is 18.2 Å². The summed E-state index contributed by atoms with van der Waals surface area (Å²) in [6.45, 7) is 0.579. The summed E-state index contributed by atoms with van der Waals surface area (Å²) in [5, 5.41) is 13.6. The second-order valence-corrected chi connectivity index (χ2v) is 5.98. The number of ether oxygens (including phenoxy) is 3. The van der Waals surface area contributed by atoms with Crippen LogP contribution in [0.1, 0.15) is 12.0 Å². The molecule has 0 spiro atoms. The number of amides is 1. The summed E-state index contributed by atoms with van der Waals surface area (Å²) in [5.41, 5.74) is 0.529. The third-order valence-electron chi connectivity index (χ3n) is 3.92. The Kier molecular flexibility index (Phi) is 6.05. The van der Waals surface area contributed by atoms with Crippen molar-refractivity contribution in [2.75, 3.05) is 25.1 Å². The van der Waals surface area contributed by atoms with Crippen molar-refractivity contribution in [3.05, 3.63) is 58.1 Å². The van der Waals surface area contributed by atoms with Gasteiger partial charge in [0.05, 0.1) is 24.6 Å². The van der Waals surface area contributed by atoms with Crippen molar-refractivity contribution >= 4 is 23.3 Å². The molecule has 0 aromatic heterocycles. The van der Waals surface area contributed by atoms with Crippen molar-refractivity contribution in [3.8, 4) is 11.5 Å². The maximum atomic E-state index is 12.0. The van der Waals surface area contributed by atoms with Crippen molar-refractivity contribution < 1.29 is 28.7 Å².